The second-order valence-electron chi connectivity index (χ2n) is 4.84. The summed E-state index contributed by atoms with van der Waals surface area (Å²) in [6, 6.07) is 6.45. The molecule has 0 amide bonds. The minimum Gasteiger partial charge on any atom is -0.494 e. The summed E-state index contributed by atoms with van der Waals surface area (Å²) in [6.07, 6.45) is 0. The van der Waals surface area contributed by atoms with E-state index in [1.165, 1.54) is 4.31 Å². The number of rotatable bonds is 6. The van der Waals surface area contributed by atoms with Crippen molar-refractivity contribution in [3.8, 4) is 5.75 Å². The molecule has 0 saturated carbocycles. The van der Waals surface area contributed by atoms with Gasteiger partial charge in [0.25, 0.3) is 0 Å². The summed E-state index contributed by atoms with van der Waals surface area (Å²) in [7, 11) is -3.47. The molecule has 1 aromatic rings. The van der Waals surface area contributed by atoms with Crippen LogP contribution in [-0.4, -0.2) is 63.6 Å². The Labute approximate surface area is 125 Å². The van der Waals surface area contributed by atoms with Gasteiger partial charge in [-0.25, -0.2) is 12.8 Å². The van der Waals surface area contributed by atoms with Crippen molar-refractivity contribution >= 4 is 10.0 Å². The van der Waals surface area contributed by atoms with Crippen molar-refractivity contribution in [2.75, 3.05) is 46.0 Å². The number of sulfonamides is 1. The molecule has 1 saturated heterocycles. The first-order valence-electron chi connectivity index (χ1n) is 7.09. The van der Waals surface area contributed by atoms with Crippen LogP contribution in [0, 0.1) is 0 Å². The summed E-state index contributed by atoms with van der Waals surface area (Å²) in [5.41, 5.74) is 0. The number of piperazine rings is 1. The molecule has 1 aromatic carbocycles. The molecule has 1 fully saturated rings. The van der Waals surface area contributed by atoms with E-state index in [0.29, 0.717) is 45.1 Å². The van der Waals surface area contributed by atoms with Gasteiger partial charge in [0.05, 0.1) is 11.5 Å². The van der Waals surface area contributed by atoms with Crippen LogP contribution < -0.4 is 4.74 Å². The molecule has 0 aromatic heterocycles. The van der Waals surface area contributed by atoms with Gasteiger partial charge < -0.3 is 4.74 Å². The van der Waals surface area contributed by atoms with Crippen LogP contribution in [0.1, 0.15) is 6.92 Å². The number of benzene rings is 1. The van der Waals surface area contributed by atoms with E-state index >= 15 is 0 Å². The Morgan fingerprint density at radius 3 is 2.29 bits per heavy atom. The lowest BCUT2D eigenvalue weighted by atomic mass is 10.3. The fourth-order valence-electron chi connectivity index (χ4n) is 2.34. The zero-order chi connectivity index (χ0) is 15.3. The van der Waals surface area contributed by atoms with Gasteiger partial charge in [-0.1, -0.05) is 0 Å². The zero-order valence-corrected chi connectivity index (χ0v) is 13.0. The van der Waals surface area contributed by atoms with E-state index in [0.717, 1.165) is 0 Å². The highest BCUT2D eigenvalue weighted by molar-refractivity contribution is 7.89. The number of ether oxygens (including phenoxy) is 1. The molecule has 1 heterocycles. The predicted molar refractivity (Wildman–Crippen MR) is 78.8 cm³/mol. The van der Waals surface area contributed by atoms with E-state index in [1.807, 2.05) is 11.8 Å². The van der Waals surface area contributed by atoms with E-state index in [-0.39, 0.29) is 4.90 Å². The van der Waals surface area contributed by atoms with Crippen molar-refractivity contribution in [1.82, 2.24) is 9.21 Å². The van der Waals surface area contributed by atoms with Gasteiger partial charge in [-0.2, -0.15) is 4.31 Å². The summed E-state index contributed by atoms with van der Waals surface area (Å²) in [5, 5.41) is 0. The molecule has 0 unspecified atom stereocenters. The monoisotopic (exact) mass is 316 g/mol. The number of hydrogen-bond donors (Lipinski definition) is 0. The molecular weight excluding hydrogens is 295 g/mol. The Bertz CT molecular complexity index is 540. The molecule has 0 spiro atoms. The Kier molecular flexibility index (Phi) is 5.55. The van der Waals surface area contributed by atoms with Crippen LogP contribution in [0.3, 0.4) is 0 Å². The van der Waals surface area contributed by atoms with E-state index < -0.39 is 16.7 Å². The number of nitrogens with zero attached hydrogens (tertiary/aromatic N) is 2. The van der Waals surface area contributed by atoms with Gasteiger partial charge in [0.2, 0.25) is 10.0 Å². The molecule has 0 bridgehead atoms. The SMILES string of the molecule is CCOc1ccc(S(=O)(=O)N2CCN(CCF)CC2)cc1. The average Bonchev–Trinajstić information content (AvgIpc) is 2.49. The smallest absolute Gasteiger partial charge is 0.243 e. The average molecular weight is 316 g/mol. The Morgan fingerprint density at radius 1 is 1.14 bits per heavy atom. The van der Waals surface area contributed by atoms with Crippen LogP contribution in [-0.2, 0) is 10.0 Å². The molecule has 0 atom stereocenters. The van der Waals surface area contributed by atoms with Gasteiger partial charge >= 0.3 is 0 Å². The van der Waals surface area contributed by atoms with Crippen molar-refractivity contribution in [3.05, 3.63) is 24.3 Å². The third-order valence-corrected chi connectivity index (χ3v) is 5.42. The minimum atomic E-state index is -3.47. The second kappa shape index (κ2) is 7.20. The van der Waals surface area contributed by atoms with Crippen LogP contribution in [0.5, 0.6) is 5.75 Å². The molecule has 0 aliphatic carbocycles. The maximum absolute atomic E-state index is 12.5. The summed E-state index contributed by atoms with van der Waals surface area (Å²) < 4.78 is 44.1. The molecule has 0 N–H and O–H groups in total. The zero-order valence-electron chi connectivity index (χ0n) is 12.2. The molecule has 7 heteroatoms. The summed E-state index contributed by atoms with van der Waals surface area (Å²) in [4.78, 5) is 2.20. The Morgan fingerprint density at radius 2 is 1.76 bits per heavy atom. The third kappa shape index (κ3) is 3.93. The third-order valence-electron chi connectivity index (χ3n) is 3.50. The van der Waals surface area contributed by atoms with Crippen LogP contribution in [0.25, 0.3) is 0 Å². The molecule has 2 rings (SSSR count). The highest BCUT2D eigenvalue weighted by Crippen LogP contribution is 2.20. The predicted octanol–water partition coefficient (Wildman–Crippen LogP) is 1.36. The minimum absolute atomic E-state index is 0.268. The highest BCUT2D eigenvalue weighted by atomic mass is 32.2. The van der Waals surface area contributed by atoms with Gasteiger partial charge in [-0.3, -0.25) is 4.90 Å². The molecule has 118 valence electrons. The lowest BCUT2D eigenvalue weighted by Gasteiger charge is -2.33. The van der Waals surface area contributed by atoms with Crippen LogP contribution >= 0.6 is 0 Å². The molecule has 1 aliphatic rings. The maximum Gasteiger partial charge on any atom is 0.243 e. The number of halogens is 1. The van der Waals surface area contributed by atoms with E-state index in [1.54, 1.807) is 24.3 Å². The van der Waals surface area contributed by atoms with Gasteiger partial charge in [0.1, 0.15) is 12.4 Å². The molecule has 1 aliphatic heterocycles. The van der Waals surface area contributed by atoms with Gasteiger partial charge in [0.15, 0.2) is 0 Å². The summed E-state index contributed by atoms with van der Waals surface area (Å²) in [6.45, 7) is 4.33. The van der Waals surface area contributed by atoms with Gasteiger partial charge in [0, 0.05) is 32.7 Å². The standard InChI is InChI=1S/C14H21FN2O3S/c1-2-20-13-3-5-14(6-4-13)21(18,19)17-11-9-16(8-7-15)10-12-17/h3-6H,2,7-12H2,1H3. The van der Waals surface area contributed by atoms with Gasteiger partial charge in [-0.15, -0.1) is 0 Å². The second-order valence-corrected chi connectivity index (χ2v) is 6.78. The number of alkyl halides is 1. The van der Waals surface area contributed by atoms with Crippen molar-refractivity contribution in [2.24, 2.45) is 0 Å². The quantitative estimate of drug-likeness (QED) is 0.795. The fourth-order valence-corrected chi connectivity index (χ4v) is 3.76. The van der Waals surface area contributed by atoms with Crippen molar-refractivity contribution in [2.45, 2.75) is 11.8 Å². The van der Waals surface area contributed by atoms with Crippen molar-refractivity contribution in [1.29, 1.82) is 0 Å². The van der Waals surface area contributed by atoms with Crippen LogP contribution in [0.15, 0.2) is 29.2 Å². The molecular formula is C14H21FN2O3S. The number of hydrogen-bond acceptors (Lipinski definition) is 4. The van der Waals surface area contributed by atoms with Crippen molar-refractivity contribution < 1.29 is 17.5 Å². The topological polar surface area (TPSA) is 49.9 Å². The van der Waals surface area contributed by atoms with Crippen molar-refractivity contribution in [3.63, 3.8) is 0 Å². The largest absolute Gasteiger partial charge is 0.494 e. The summed E-state index contributed by atoms with van der Waals surface area (Å²) >= 11 is 0. The lowest BCUT2D eigenvalue weighted by Crippen LogP contribution is -2.49. The van der Waals surface area contributed by atoms with Crippen LogP contribution in [0.2, 0.25) is 0 Å². The molecule has 21 heavy (non-hydrogen) atoms. The van der Waals surface area contributed by atoms with Crippen LogP contribution in [0.4, 0.5) is 4.39 Å². The normalized spacial score (nSPS) is 17.8. The highest BCUT2D eigenvalue weighted by Gasteiger charge is 2.28. The summed E-state index contributed by atoms with van der Waals surface area (Å²) in [5.74, 6) is 0.657. The maximum atomic E-state index is 12.5. The Hall–Kier alpha value is -1.18. The first-order valence-corrected chi connectivity index (χ1v) is 8.53. The molecule has 5 nitrogen and oxygen atoms in total. The first kappa shape index (κ1) is 16.2. The lowest BCUT2D eigenvalue weighted by molar-refractivity contribution is 0.177. The van der Waals surface area contributed by atoms with Gasteiger partial charge in [-0.05, 0) is 31.2 Å². The van der Waals surface area contributed by atoms with E-state index in [9.17, 15) is 12.8 Å². The first-order chi connectivity index (χ1) is 10.1. The van der Waals surface area contributed by atoms with E-state index in [4.69, 9.17) is 4.74 Å². The Balaban J connectivity index is 2.04. The fraction of sp³-hybridized carbons (Fsp3) is 0.571. The molecule has 0 radical (unpaired) electrons. The van der Waals surface area contributed by atoms with E-state index in [2.05, 4.69) is 0 Å².